The van der Waals surface area contributed by atoms with Gasteiger partial charge in [0.2, 0.25) is 0 Å². The maximum atomic E-state index is 12.8. The van der Waals surface area contributed by atoms with Crippen LogP contribution in [0.2, 0.25) is 0 Å². The molecule has 0 saturated heterocycles. The normalized spacial score (nSPS) is 10.8. The molecule has 2 aromatic carbocycles. The Balaban J connectivity index is 2.10. The fourth-order valence-corrected chi connectivity index (χ4v) is 1.77. The Labute approximate surface area is 127 Å². The molecule has 0 bridgehead atoms. The fourth-order valence-electron chi connectivity index (χ4n) is 1.77. The SMILES string of the molecule is COCOc1ccc(C(=O)/C=C/c2ccc(F)cc2)c(O)c1. The summed E-state index contributed by atoms with van der Waals surface area (Å²) in [5, 5.41) is 9.87. The highest BCUT2D eigenvalue weighted by Crippen LogP contribution is 2.24. The van der Waals surface area contributed by atoms with Gasteiger partial charge >= 0.3 is 0 Å². The van der Waals surface area contributed by atoms with Crippen molar-refractivity contribution in [1.82, 2.24) is 0 Å². The van der Waals surface area contributed by atoms with E-state index in [1.54, 1.807) is 24.3 Å². The summed E-state index contributed by atoms with van der Waals surface area (Å²) in [7, 11) is 1.48. The van der Waals surface area contributed by atoms with E-state index in [1.807, 2.05) is 0 Å². The zero-order valence-corrected chi connectivity index (χ0v) is 12.0. The molecule has 0 radical (unpaired) electrons. The lowest BCUT2D eigenvalue weighted by Crippen LogP contribution is -2.00. The first-order chi connectivity index (χ1) is 10.6. The molecule has 2 rings (SSSR count). The number of methoxy groups -OCH3 is 1. The molecule has 0 fully saturated rings. The Kier molecular flexibility index (Phi) is 5.27. The van der Waals surface area contributed by atoms with Crippen molar-refractivity contribution in [3.63, 3.8) is 0 Å². The molecule has 0 aliphatic heterocycles. The van der Waals surface area contributed by atoms with Gasteiger partial charge in [0.05, 0.1) is 5.56 Å². The Bertz CT molecular complexity index is 678. The van der Waals surface area contributed by atoms with Gasteiger partial charge in [0.1, 0.15) is 17.3 Å². The number of rotatable bonds is 6. The second-order valence-corrected chi connectivity index (χ2v) is 4.48. The largest absolute Gasteiger partial charge is 0.507 e. The van der Waals surface area contributed by atoms with Crippen LogP contribution in [0.1, 0.15) is 15.9 Å². The molecule has 0 atom stereocenters. The van der Waals surface area contributed by atoms with Crippen molar-refractivity contribution in [3.05, 3.63) is 65.5 Å². The monoisotopic (exact) mass is 302 g/mol. The molecular formula is C17H15FO4. The van der Waals surface area contributed by atoms with E-state index in [1.165, 1.54) is 37.5 Å². The predicted molar refractivity (Wildman–Crippen MR) is 80.4 cm³/mol. The van der Waals surface area contributed by atoms with Crippen molar-refractivity contribution in [2.75, 3.05) is 13.9 Å². The number of allylic oxidation sites excluding steroid dienone is 1. The highest BCUT2D eigenvalue weighted by molar-refractivity contribution is 6.08. The minimum atomic E-state index is -0.361. The molecule has 4 nitrogen and oxygen atoms in total. The minimum absolute atomic E-state index is 0.0528. The van der Waals surface area contributed by atoms with Gasteiger partial charge in [-0.15, -0.1) is 0 Å². The van der Waals surface area contributed by atoms with Crippen LogP contribution in [0.15, 0.2) is 48.5 Å². The van der Waals surface area contributed by atoms with Gasteiger partial charge in [-0.25, -0.2) is 4.39 Å². The van der Waals surface area contributed by atoms with E-state index in [0.717, 1.165) is 0 Å². The highest BCUT2D eigenvalue weighted by Gasteiger charge is 2.09. The Morgan fingerprint density at radius 3 is 2.59 bits per heavy atom. The highest BCUT2D eigenvalue weighted by atomic mass is 19.1. The molecule has 1 N–H and O–H groups in total. The average Bonchev–Trinajstić information content (AvgIpc) is 2.52. The quantitative estimate of drug-likeness (QED) is 0.505. The summed E-state index contributed by atoms with van der Waals surface area (Å²) < 4.78 is 22.7. The van der Waals surface area contributed by atoms with Crippen molar-refractivity contribution < 1.29 is 23.8 Å². The molecule has 2 aromatic rings. The van der Waals surface area contributed by atoms with E-state index in [-0.39, 0.29) is 29.7 Å². The maximum absolute atomic E-state index is 12.8. The molecule has 0 amide bonds. The zero-order valence-electron chi connectivity index (χ0n) is 12.0. The fraction of sp³-hybridized carbons (Fsp3) is 0.118. The number of hydrogen-bond donors (Lipinski definition) is 1. The molecule has 0 heterocycles. The minimum Gasteiger partial charge on any atom is -0.507 e. The van der Waals surface area contributed by atoms with Crippen LogP contribution in [0.5, 0.6) is 11.5 Å². The first-order valence-electron chi connectivity index (χ1n) is 6.53. The van der Waals surface area contributed by atoms with Crippen LogP contribution in [-0.4, -0.2) is 24.8 Å². The van der Waals surface area contributed by atoms with Crippen LogP contribution in [0, 0.1) is 5.82 Å². The van der Waals surface area contributed by atoms with Gasteiger partial charge < -0.3 is 14.6 Å². The van der Waals surface area contributed by atoms with Crippen molar-refractivity contribution in [3.8, 4) is 11.5 Å². The Morgan fingerprint density at radius 2 is 1.95 bits per heavy atom. The van der Waals surface area contributed by atoms with E-state index in [2.05, 4.69) is 0 Å². The van der Waals surface area contributed by atoms with Crippen molar-refractivity contribution in [1.29, 1.82) is 0 Å². The number of phenols is 1. The zero-order chi connectivity index (χ0) is 15.9. The average molecular weight is 302 g/mol. The van der Waals surface area contributed by atoms with Gasteiger partial charge in [-0.3, -0.25) is 4.79 Å². The van der Waals surface area contributed by atoms with E-state index in [0.29, 0.717) is 11.3 Å². The lowest BCUT2D eigenvalue weighted by molar-refractivity contribution is 0.0510. The van der Waals surface area contributed by atoms with Crippen LogP contribution in [-0.2, 0) is 4.74 Å². The number of ketones is 1. The summed E-state index contributed by atoms with van der Waals surface area (Å²) in [6, 6.07) is 10.1. The lowest BCUT2D eigenvalue weighted by atomic mass is 10.1. The number of benzene rings is 2. The smallest absolute Gasteiger partial charge is 0.189 e. The van der Waals surface area contributed by atoms with Gasteiger partial charge in [-0.2, -0.15) is 0 Å². The summed E-state index contributed by atoms with van der Waals surface area (Å²) >= 11 is 0. The third kappa shape index (κ3) is 4.17. The molecule has 0 aliphatic carbocycles. The molecule has 0 aliphatic rings. The number of halogens is 1. The first-order valence-corrected chi connectivity index (χ1v) is 6.53. The second kappa shape index (κ2) is 7.38. The maximum Gasteiger partial charge on any atom is 0.189 e. The number of aromatic hydroxyl groups is 1. The van der Waals surface area contributed by atoms with Crippen molar-refractivity contribution in [2.45, 2.75) is 0 Å². The van der Waals surface area contributed by atoms with Gasteiger partial charge in [0, 0.05) is 13.2 Å². The van der Waals surface area contributed by atoms with Crippen LogP contribution < -0.4 is 4.74 Å². The van der Waals surface area contributed by atoms with Crippen molar-refractivity contribution >= 4 is 11.9 Å². The number of carbonyl (C=O) groups excluding carboxylic acids is 1. The molecule has 0 unspecified atom stereocenters. The van der Waals surface area contributed by atoms with Crippen LogP contribution >= 0.6 is 0 Å². The third-order valence-electron chi connectivity index (χ3n) is 2.88. The number of phenolic OH excluding ortho intramolecular Hbond substituents is 1. The van der Waals surface area contributed by atoms with E-state index in [9.17, 15) is 14.3 Å². The van der Waals surface area contributed by atoms with Crippen molar-refractivity contribution in [2.24, 2.45) is 0 Å². The molecule has 114 valence electrons. The molecule has 0 aromatic heterocycles. The third-order valence-corrected chi connectivity index (χ3v) is 2.88. The Hall–Kier alpha value is -2.66. The number of carbonyl (C=O) groups is 1. The molecule has 22 heavy (non-hydrogen) atoms. The summed E-state index contributed by atoms with van der Waals surface area (Å²) in [5.41, 5.74) is 0.845. The summed E-state index contributed by atoms with van der Waals surface area (Å²) in [6.45, 7) is 0.0528. The predicted octanol–water partition coefficient (Wildman–Crippen LogP) is 3.41. The van der Waals surface area contributed by atoms with Gasteiger partial charge in [-0.1, -0.05) is 18.2 Å². The van der Waals surface area contributed by atoms with Crippen LogP contribution in [0.4, 0.5) is 4.39 Å². The topological polar surface area (TPSA) is 55.8 Å². The number of hydrogen-bond acceptors (Lipinski definition) is 4. The van der Waals surface area contributed by atoms with E-state index in [4.69, 9.17) is 9.47 Å². The first kappa shape index (κ1) is 15.7. The summed E-state index contributed by atoms with van der Waals surface area (Å²) in [6.07, 6.45) is 2.87. The second-order valence-electron chi connectivity index (χ2n) is 4.48. The molecular weight excluding hydrogens is 287 g/mol. The van der Waals surface area contributed by atoms with Gasteiger partial charge in [0.25, 0.3) is 0 Å². The van der Waals surface area contributed by atoms with E-state index >= 15 is 0 Å². The molecule has 0 saturated carbocycles. The molecule has 0 spiro atoms. The summed E-state index contributed by atoms with van der Waals surface area (Å²) in [5.74, 6) is -0.478. The van der Waals surface area contributed by atoms with Gasteiger partial charge in [-0.05, 0) is 35.9 Å². The van der Waals surface area contributed by atoms with E-state index < -0.39 is 0 Å². The Morgan fingerprint density at radius 1 is 1.23 bits per heavy atom. The van der Waals surface area contributed by atoms with Crippen LogP contribution in [0.3, 0.4) is 0 Å². The molecule has 5 heteroatoms. The number of ether oxygens (including phenoxy) is 2. The lowest BCUT2D eigenvalue weighted by Gasteiger charge is -2.06. The standard InChI is InChI=1S/C17H15FO4/c1-21-11-22-14-7-8-15(17(20)10-14)16(19)9-4-12-2-5-13(18)6-3-12/h2-10,20H,11H2,1H3/b9-4+. The summed E-state index contributed by atoms with van der Waals surface area (Å²) in [4.78, 5) is 12.0. The van der Waals surface area contributed by atoms with Crippen LogP contribution in [0.25, 0.3) is 6.08 Å². The van der Waals surface area contributed by atoms with Gasteiger partial charge in [0.15, 0.2) is 12.6 Å².